The number of hydrazine groups is 1. The molecule has 0 bridgehead atoms. The number of anilines is 1. The van der Waals surface area contributed by atoms with Crippen molar-refractivity contribution in [3.05, 3.63) is 29.3 Å². The van der Waals surface area contributed by atoms with Crippen molar-refractivity contribution in [3.8, 4) is 0 Å². The number of para-hydroxylation sites is 1. The fraction of sp³-hybridized carbons (Fsp3) is 0.333. The summed E-state index contributed by atoms with van der Waals surface area (Å²) in [5, 5.41) is 0. The molecule has 1 heterocycles. The minimum absolute atomic E-state index is 0.948. The lowest BCUT2D eigenvalue weighted by molar-refractivity contribution is 0.859. The number of hydrogen-bond acceptors (Lipinski definition) is 2. The second-order valence-corrected chi connectivity index (χ2v) is 2.78. The van der Waals surface area contributed by atoms with Gasteiger partial charge < -0.3 is 5.43 Å². The second kappa shape index (κ2) is 2.55. The Morgan fingerprint density at radius 3 is 3.18 bits per heavy atom. The van der Waals surface area contributed by atoms with Crippen molar-refractivity contribution < 1.29 is 0 Å². The molecule has 11 heavy (non-hydrogen) atoms. The maximum atomic E-state index is 3.17. The molecule has 0 fully saturated rings. The molecular formula is C9H12N2. The van der Waals surface area contributed by atoms with Crippen LogP contribution < -0.4 is 10.9 Å². The third-order valence-corrected chi connectivity index (χ3v) is 2.11. The van der Waals surface area contributed by atoms with Gasteiger partial charge in [0.15, 0.2) is 0 Å². The number of rotatable bonds is 1. The maximum Gasteiger partial charge on any atom is 0.0565 e. The highest BCUT2D eigenvalue weighted by atomic mass is 15.4. The molecule has 2 heteroatoms. The molecule has 2 nitrogen and oxygen atoms in total. The number of aryl methyl sites for hydroxylation is 1. The summed E-state index contributed by atoms with van der Waals surface area (Å²) < 4.78 is 0. The van der Waals surface area contributed by atoms with Crippen LogP contribution in [0.25, 0.3) is 0 Å². The van der Waals surface area contributed by atoms with E-state index in [0.717, 1.165) is 13.0 Å². The van der Waals surface area contributed by atoms with E-state index in [2.05, 4.69) is 36.0 Å². The third-order valence-electron chi connectivity index (χ3n) is 2.11. The summed E-state index contributed by atoms with van der Waals surface area (Å²) in [6, 6.07) is 6.44. The molecule has 0 spiro atoms. The van der Waals surface area contributed by atoms with Crippen molar-refractivity contribution >= 4 is 5.69 Å². The van der Waals surface area contributed by atoms with Gasteiger partial charge in [0, 0.05) is 6.54 Å². The minimum Gasteiger partial charge on any atom is -0.321 e. The Hall–Kier alpha value is -1.02. The Bertz CT molecular complexity index is 268. The Morgan fingerprint density at radius 2 is 2.36 bits per heavy atom. The molecule has 0 radical (unpaired) electrons. The van der Waals surface area contributed by atoms with Gasteiger partial charge in [0.25, 0.3) is 0 Å². The molecule has 58 valence electrons. The monoisotopic (exact) mass is 148 g/mol. The van der Waals surface area contributed by atoms with E-state index in [4.69, 9.17) is 0 Å². The Kier molecular flexibility index (Phi) is 1.55. The summed E-state index contributed by atoms with van der Waals surface area (Å²) >= 11 is 0. The van der Waals surface area contributed by atoms with E-state index >= 15 is 0 Å². The maximum absolute atomic E-state index is 3.17. The van der Waals surface area contributed by atoms with Crippen molar-refractivity contribution in [3.63, 3.8) is 0 Å². The van der Waals surface area contributed by atoms with E-state index in [0.29, 0.717) is 0 Å². The van der Waals surface area contributed by atoms with Crippen LogP contribution in [-0.4, -0.2) is 0 Å². The normalized spacial score (nSPS) is 14.3. The molecule has 2 rings (SSSR count). The van der Waals surface area contributed by atoms with Crippen LogP contribution in [0.15, 0.2) is 18.2 Å². The molecule has 1 aliphatic rings. The van der Waals surface area contributed by atoms with Crippen LogP contribution in [0, 0.1) is 0 Å². The van der Waals surface area contributed by atoms with E-state index in [1.54, 1.807) is 0 Å². The van der Waals surface area contributed by atoms with Crippen LogP contribution >= 0.6 is 0 Å². The molecule has 0 aliphatic carbocycles. The van der Waals surface area contributed by atoms with Crippen molar-refractivity contribution in [2.24, 2.45) is 0 Å². The lowest BCUT2D eigenvalue weighted by Crippen LogP contribution is -2.11. The molecule has 0 saturated carbocycles. The minimum atomic E-state index is 0.948. The smallest absolute Gasteiger partial charge is 0.0565 e. The Morgan fingerprint density at radius 1 is 1.45 bits per heavy atom. The molecule has 1 aromatic rings. The summed E-state index contributed by atoms with van der Waals surface area (Å²) in [7, 11) is 0. The van der Waals surface area contributed by atoms with Crippen LogP contribution in [0.1, 0.15) is 18.1 Å². The summed E-state index contributed by atoms with van der Waals surface area (Å²) in [6.45, 7) is 3.12. The van der Waals surface area contributed by atoms with Gasteiger partial charge in [-0.15, -0.1) is 0 Å². The third kappa shape index (κ3) is 0.994. The number of hydrogen-bond donors (Lipinski definition) is 2. The van der Waals surface area contributed by atoms with Gasteiger partial charge in [-0.2, -0.15) is 0 Å². The van der Waals surface area contributed by atoms with Crippen LogP contribution in [0.4, 0.5) is 5.69 Å². The first-order chi connectivity index (χ1) is 5.42. The van der Waals surface area contributed by atoms with Gasteiger partial charge in [-0.25, -0.2) is 5.43 Å². The van der Waals surface area contributed by atoms with Gasteiger partial charge in [0.2, 0.25) is 0 Å². The van der Waals surface area contributed by atoms with E-state index in [-0.39, 0.29) is 0 Å². The predicted octanol–water partition coefficient (Wildman–Crippen LogP) is 1.68. The van der Waals surface area contributed by atoms with Crippen LogP contribution in [0.5, 0.6) is 0 Å². The average molecular weight is 148 g/mol. The van der Waals surface area contributed by atoms with E-state index in [9.17, 15) is 0 Å². The molecular weight excluding hydrogens is 136 g/mol. The van der Waals surface area contributed by atoms with Gasteiger partial charge in [0.05, 0.1) is 5.69 Å². The van der Waals surface area contributed by atoms with Crippen molar-refractivity contribution in [2.45, 2.75) is 19.9 Å². The van der Waals surface area contributed by atoms with Crippen molar-refractivity contribution in [1.82, 2.24) is 5.43 Å². The zero-order valence-electron chi connectivity index (χ0n) is 6.65. The quantitative estimate of drug-likeness (QED) is 0.633. The molecule has 2 N–H and O–H groups in total. The highest BCUT2D eigenvalue weighted by Gasteiger charge is 2.10. The van der Waals surface area contributed by atoms with Gasteiger partial charge >= 0.3 is 0 Å². The molecule has 0 unspecified atom stereocenters. The summed E-state index contributed by atoms with van der Waals surface area (Å²) in [4.78, 5) is 0. The highest BCUT2D eigenvalue weighted by molar-refractivity contribution is 5.59. The zero-order chi connectivity index (χ0) is 7.68. The van der Waals surface area contributed by atoms with Gasteiger partial charge in [-0.1, -0.05) is 25.1 Å². The number of nitrogens with one attached hydrogen (secondary N) is 2. The first kappa shape index (κ1) is 6.68. The van der Waals surface area contributed by atoms with Crippen LogP contribution in [-0.2, 0) is 13.0 Å². The van der Waals surface area contributed by atoms with E-state index in [1.165, 1.54) is 16.8 Å². The Balaban J connectivity index is 2.50. The topological polar surface area (TPSA) is 24.1 Å². The molecule has 0 saturated heterocycles. The fourth-order valence-electron chi connectivity index (χ4n) is 1.48. The number of benzene rings is 1. The molecule has 1 aromatic carbocycles. The lowest BCUT2D eigenvalue weighted by Gasteiger charge is -2.04. The number of fused-ring (bicyclic) bond motifs is 1. The second-order valence-electron chi connectivity index (χ2n) is 2.78. The predicted molar refractivity (Wildman–Crippen MR) is 46.3 cm³/mol. The molecule has 0 aromatic heterocycles. The Labute approximate surface area is 66.6 Å². The standard InChI is InChI=1S/C9H12N2/c1-2-7-4-3-5-8-6-10-11-9(7)8/h3-5,10-11H,2,6H2,1H3. The summed E-state index contributed by atoms with van der Waals surface area (Å²) in [5.41, 5.74) is 10.3. The van der Waals surface area contributed by atoms with Crippen molar-refractivity contribution in [2.75, 3.05) is 5.43 Å². The molecule has 1 aliphatic heterocycles. The van der Waals surface area contributed by atoms with Gasteiger partial charge in [0.1, 0.15) is 0 Å². The molecule has 0 amide bonds. The molecule has 0 atom stereocenters. The first-order valence-corrected chi connectivity index (χ1v) is 4.01. The summed E-state index contributed by atoms with van der Waals surface area (Å²) in [6.07, 6.45) is 1.10. The van der Waals surface area contributed by atoms with Gasteiger partial charge in [-0.05, 0) is 17.5 Å². The average Bonchev–Trinajstić information content (AvgIpc) is 2.50. The van der Waals surface area contributed by atoms with Gasteiger partial charge in [-0.3, -0.25) is 0 Å². The van der Waals surface area contributed by atoms with E-state index < -0.39 is 0 Å². The van der Waals surface area contributed by atoms with Crippen LogP contribution in [0.3, 0.4) is 0 Å². The first-order valence-electron chi connectivity index (χ1n) is 4.01. The zero-order valence-corrected chi connectivity index (χ0v) is 6.65. The van der Waals surface area contributed by atoms with Crippen molar-refractivity contribution in [1.29, 1.82) is 0 Å². The highest BCUT2D eigenvalue weighted by Crippen LogP contribution is 2.24. The van der Waals surface area contributed by atoms with Crippen LogP contribution in [0.2, 0.25) is 0 Å². The summed E-state index contributed by atoms with van der Waals surface area (Å²) in [5.74, 6) is 0. The lowest BCUT2D eigenvalue weighted by atomic mass is 10.1. The van der Waals surface area contributed by atoms with E-state index in [1.807, 2.05) is 0 Å². The SMILES string of the molecule is CCc1cccc2c1NNC2. The largest absolute Gasteiger partial charge is 0.321 e. The fourth-order valence-corrected chi connectivity index (χ4v) is 1.48.